The van der Waals surface area contributed by atoms with Crippen LogP contribution in [-0.2, 0) is 14.8 Å². The number of aliphatic hydroxyl groups excluding tert-OH is 1. The molecule has 0 aliphatic rings. The number of sulfonamides is 1. The number of aryl methyl sites for hydroxylation is 1. The smallest absolute Gasteiger partial charge is 0.250 e. The summed E-state index contributed by atoms with van der Waals surface area (Å²) in [6, 6.07) is 1.59. The van der Waals surface area contributed by atoms with Crippen LogP contribution in [0.15, 0.2) is 15.7 Å². The molecule has 10 heteroatoms. The van der Waals surface area contributed by atoms with Crippen LogP contribution in [-0.4, -0.2) is 37.6 Å². The average molecular weight is 375 g/mol. The van der Waals surface area contributed by atoms with Gasteiger partial charge in [0, 0.05) is 31.0 Å². The van der Waals surface area contributed by atoms with Crippen molar-refractivity contribution >= 4 is 43.7 Å². The van der Waals surface area contributed by atoms with E-state index in [0.29, 0.717) is 11.6 Å². The fraction of sp³-hybridized carbons (Fsp3) is 0.385. The maximum absolute atomic E-state index is 12.1. The topological polar surface area (TPSA) is 108 Å². The minimum atomic E-state index is -3.57. The van der Waals surface area contributed by atoms with E-state index < -0.39 is 10.0 Å². The molecule has 23 heavy (non-hydrogen) atoms. The lowest BCUT2D eigenvalue weighted by Gasteiger charge is -2.02. The Bertz CT molecular complexity index is 795. The van der Waals surface area contributed by atoms with Crippen molar-refractivity contribution in [3.63, 3.8) is 0 Å². The van der Waals surface area contributed by atoms with Crippen LogP contribution < -0.4 is 10.0 Å². The first-order valence-corrected chi connectivity index (χ1v) is 9.96. The standard InChI is InChI=1S/C13H17N3O4S3/c1-8-12(22-13(15-8)16-9(2)18)10-6-11(21-7-10)23(19,20)14-4-3-5-17/h6-7,14,17H,3-5H2,1-2H3,(H,15,16,18). The van der Waals surface area contributed by atoms with Crippen molar-refractivity contribution in [3.8, 4) is 10.4 Å². The van der Waals surface area contributed by atoms with Gasteiger partial charge in [0.05, 0.1) is 10.6 Å². The molecule has 2 aromatic rings. The highest BCUT2D eigenvalue weighted by atomic mass is 32.2. The predicted octanol–water partition coefficient (Wildman–Crippen LogP) is 1.80. The minimum Gasteiger partial charge on any atom is -0.396 e. The van der Waals surface area contributed by atoms with E-state index in [1.165, 1.54) is 18.3 Å². The second kappa shape index (κ2) is 7.49. The number of thiophene rings is 1. The Labute approximate surface area is 142 Å². The van der Waals surface area contributed by atoms with Gasteiger partial charge < -0.3 is 10.4 Å². The highest BCUT2D eigenvalue weighted by molar-refractivity contribution is 7.91. The number of amides is 1. The SMILES string of the molecule is CC(=O)Nc1nc(C)c(-c2csc(S(=O)(=O)NCCCO)c2)s1. The summed E-state index contributed by atoms with van der Waals surface area (Å²) in [4.78, 5) is 16.2. The molecule has 0 unspecified atom stereocenters. The number of carbonyl (C=O) groups is 1. The van der Waals surface area contributed by atoms with Crippen molar-refractivity contribution in [3.05, 3.63) is 17.1 Å². The molecule has 0 radical (unpaired) electrons. The maximum Gasteiger partial charge on any atom is 0.250 e. The number of rotatable bonds is 7. The molecule has 0 aliphatic carbocycles. The molecule has 2 rings (SSSR count). The Kier molecular flexibility index (Phi) is 5.87. The molecule has 0 saturated heterocycles. The van der Waals surface area contributed by atoms with E-state index in [1.807, 2.05) is 6.92 Å². The monoisotopic (exact) mass is 375 g/mol. The van der Waals surface area contributed by atoms with Crippen LogP contribution in [0.4, 0.5) is 5.13 Å². The number of thiazole rings is 1. The predicted molar refractivity (Wildman–Crippen MR) is 91.4 cm³/mol. The van der Waals surface area contributed by atoms with Gasteiger partial charge in [-0.1, -0.05) is 11.3 Å². The highest BCUT2D eigenvalue weighted by Gasteiger charge is 2.19. The van der Waals surface area contributed by atoms with Gasteiger partial charge in [0.2, 0.25) is 15.9 Å². The number of hydrogen-bond acceptors (Lipinski definition) is 7. The van der Waals surface area contributed by atoms with Crippen molar-refractivity contribution in [1.82, 2.24) is 9.71 Å². The second-order valence-electron chi connectivity index (χ2n) is 4.74. The number of nitrogens with zero attached hydrogens (tertiary/aromatic N) is 1. The van der Waals surface area contributed by atoms with Crippen molar-refractivity contribution < 1.29 is 18.3 Å². The maximum atomic E-state index is 12.1. The van der Waals surface area contributed by atoms with Crippen LogP contribution in [0.5, 0.6) is 0 Å². The lowest BCUT2D eigenvalue weighted by Crippen LogP contribution is -2.24. The van der Waals surface area contributed by atoms with E-state index in [4.69, 9.17) is 5.11 Å². The minimum absolute atomic E-state index is 0.0653. The summed E-state index contributed by atoms with van der Waals surface area (Å²) in [5.41, 5.74) is 1.48. The summed E-state index contributed by atoms with van der Waals surface area (Å²) in [6.45, 7) is 3.34. The first kappa shape index (κ1) is 18.0. The molecule has 7 nitrogen and oxygen atoms in total. The second-order valence-corrected chi connectivity index (χ2v) is 8.65. The van der Waals surface area contributed by atoms with Gasteiger partial charge in [0.1, 0.15) is 4.21 Å². The van der Waals surface area contributed by atoms with Crippen molar-refractivity contribution in [2.45, 2.75) is 24.5 Å². The lowest BCUT2D eigenvalue weighted by atomic mass is 10.2. The molecule has 2 aromatic heterocycles. The summed E-state index contributed by atoms with van der Waals surface area (Å²) >= 11 is 2.42. The molecule has 2 heterocycles. The van der Waals surface area contributed by atoms with Crippen LogP contribution in [0, 0.1) is 6.92 Å². The first-order valence-electron chi connectivity index (χ1n) is 6.78. The quantitative estimate of drug-likeness (QED) is 0.640. The van der Waals surface area contributed by atoms with Crippen molar-refractivity contribution in [1.29, 1.82) is 0 Å². The average Bonchev–Trinajstić information content (AvgIpc) is 3.05. The van der Waals surface area contributed by atoms with Crippen LogP contribution in [0.3, 0.4) is 0 Å². The molecule has 0 spiro atoms. The van der Waals surface area contributed by atoms with Crippen molar-refractivity contribution in [2.24, 2.45) is 0 Å². The third kappa shape index (κ3) is 4.58. The van der Waals surface area contributed by atoms with E-state index >= 15 is 0 Å². The van der Waals surface area contributed by atoms with Gasteiger partial charge in [-0.15, -0.1) is 11.3 Å². The number of aliphatic hydroxyl groups is 1. The Morgan fingerprint density at radius 2 is 2.17 bits per heavy atom. The van der Waals surface area contributed by atoms with E-state index in [1.54, 1.807) is 11.4 Å². The molecule has 0 bridgehead atoms. The molecule has 0 atom stereocenters. The molecule has 0 aliphatic heterocycles. The van der Waals surface area contributed by atoms with Gasteiger partial charge in [-0.25, -0.2) is 18.1 Å². The van der Waals surface area contributed by atoms with E-state index in [0.717, 1.165) is 27.5 Å². The number of anilines is 1. The summed E-state index contributed by atoms with van der Waals surface area (Å²) in [5.74, 6) is -0.202. The zero-order valence-electron chi connectivity index (χ0n) is 12.6. The largest absolute Gasteiger partial charge is 0.396 e. The summed E-state index contributed by atoms with van der Waals surface area (Å²) in [6.07, 6.45) is 0.367. The van der Waals surface area contributed by atoms with Gasteiger partial charge in [-0.05, 0) is 19.4 Å². The van der Waals surface area contributed by atoms with Crippen LogP contribution in [0.1, 0.15) is 19.0 Å². The van der Waals surface area contributed by atoms with Crippen LogP contribution >= 0.6 is 22.7 Å². The number of nitrogens with one attached hydrogen (secondary N) is 2. The van der Waals surface area contributed by atoms with E-state index in [2.05, 4.69) is 15.0 Å². The third-order valence-electron chi connectivity index (χ3n) is 2.81. The molecule has 126 valence electrons. The fourth-order valence-electron chi connectivity index (χ4n) is 1.80. The highest BCUT2D eigenvalue weighted by Crippen LogP contribution is 2.36. The molecule has 3 N–H and O–H groups in total. The van der Waals surface area contributed by atoms with Gasteiger partial charge in [0.25, 0.3) is 0 Å². The van der Waals surface area contributed by atoms with E-state index in [-0.39, 0.29) is 23.3 Å². The molecular formula is C13H17N3O4S3. The molecule has 0 saturated carbocycles. The summed E-state index contributed by atoms with van der Waals surface area (Å²) < 4.78 is 26.9. The van der Waals surface area contributed by atoms with Gasteiger partial charge in [-0.3, -0.25) is 4.79 Å². The summed E-state index contributed by atoms with van der Waals surface area (Å²) in [5, 5.41) is 13.6. The zero-order chi connectivity index (χ0) is 17.0. The van der Waals surface area contributed by atoms with Gasteiger partial charge >= 0.3 is 0 Å². The number of aromatic nitrogens is 1. The Morgan fingerprint density at radius 3 is 2.83 bits per heavy atom. The van der Waals surface area contributed by atoms with E-state index in [9.17, 15) is 13.2 Å². The Balaban J connectivity index is 2.22. The van der Waals surface area contributed by atoms with Crippen LogP contribution in [0.25, 0.3) is 10.4 Å². The van der Waals surface area contributed by atoms with Gasteiger partial charge in [0.15, 0.2) is 5.13 Å². The summed E-state index contributed by atoms with van der Waals surface area (Å²) in [7, 11) is -3.57. The van der Waals surface area contributed by atoms with Gasteiger partial charge in [-0.2, -0.15) is 0 Å². The number of hydrogen-bond donors (Lipinski definition) is 3. The molecule has 1 amide bonds. The Hall–Kier alpha value is -1.33. The molecule has 0 fully saturated rings. The lowest BCUT2D eigenvalue weighted by molar-refractivity contribution is -0.114. The van der Waals surface area contributed by atoms with Crippen molar-refractivity contribution in [2.75, 3.05) is 18.5 Å². The third-order valence-corrected chi connectivity index (χ3v) is 6.83. The number of carbonyl (C=O) groups excluding carboxylic acids is 1. The molecule has 0 aromatic carbocycles. The Morgan fingerprint density at radius 1 is 1.43 bits per heavy atom. The molecular weight excluding hydrogens is 358 g/mol. The normalized spacial score (nSPS) is 11.6. The zero-order valence-corrected chi connectivity index (χ0v) is 15.1. The first-order chi connectivity index (χ1) is 10.8. The van der Waals surface area contributed by atoms with Crippen LogP contribution in [0.2, 0.25) is 0 Å². The fourth-order valence-corrected chi connectivity index (χ4v) is 5.17.